The zero-order chi connectivity index (χ0) is 15.9. The lowest BCUT2D eigenvalue weighted by Crippen LogP contribution is -2.30. The number of benzene rings is 1. The van der Waals surface area contributed by atoms with Crippen molar-refractivity contribution in [1.29, 1.82) is 0 Å². The first kappa shape index (κ1) is 14.2. The molecule has 22 heavy (non-hydrogen) atoms. The molecule has 1 atom stereocenters. The Balaban J connectivity index is 2.19. The Morgan fingerprint density at radius 3 is 2.59 bits per heavy atom. The Hall–Kier alpha value is -2.70. The second-order valence-corrected chi connectivity index (χ2v) is 5.21. The van der Waals surface area contributed by atoms with Crippen LogP contribution in [0.1, 0.15) is 30.7 Å². The minimum Gasteiger partial charge on any atom is -0.440 e. The molecule has 0 fully saturated rings. The molecule has 0 saturated carbocycles. The molecule has 1 aromatic carbocycles. The van der Waals surface area contributed by atoms with Crippen LogP contribution in [-0.4, -0.2) is 10.7 Å². The highest BCUT2D eigenvalue weighted by molar-refractivity contribution is 5.99. The van der Waals surface area contributed by atoms with E-state index >= 15 is 0 Å². The van der Waals surface area contributed by atoms with Gasteiger partial charge in [0.1, 0.15) is 17.5 Å². The van der Waals surface area contributed by atoms with E-state index in [1.165, 1.54) is 24.3 Å². The molecule has 1 heterocycles. The van der Waals surface area contributed by atoms with Crippen molar-refractivity contribution in [2.45, 2.75) is 25.2 Å². The molecule has 3 rings (SSSR count). The van der Waals surface area contributed by atoms with Crippen LogP contribution in [0, 0.1) is 15.9 Å². The maximum Gasteiger partial charge on any atom is 0.317 e. The van der Waals surface area contributed by atoms with Crippen molar-refractivity contribution in [3.8, 4) is 0 Å². The van der Waals surface area contributed by atoms with Crippen LogP contribution in [0.15, 0.2) is 47.2 Å². The topological polar surface area (TPSA) is 95.5 Å². The molecule has 0 unspecified atom stereocenters. The van der Waals surface area contributed by atoms with Gasteiger partial charge in [0, 0.05) is 12.8 Å². The Morgan fingerprint density at radius 1 is 1.27 bits per heavy atom. The third-order valence-corrected chi connectivity index (χ3v) is 3.86. The summed E-state index contributed by atoms with van der Waals surface area (Å²) in [5.74, 6) is -1.50. The van der Waals surface area contributed by atoms with Crippen LogP contribution >= 0.6 is 0 Å². The van der Waals surface area contributed by atoms with Gasteiger partial charge in [-0.05, 0) is 24.1 Å². The van der Waals surface area contributed by atoms with E-state index in [0.717, 1.165) is 0 Å². The fraction of sp³-hybridized carbons (Fsp3) is 0.267. The number of hydrogen-bond acceptors (Lipinski definition) is 5. The number of carbonyl (C=O) groups excluding carboxylic acids is 1. The number of rotatable bonds is 2. The lowest BCUT2D eigenvalue weighted by atomic mass is 9.80. The monoisotopic (exact) mass is 304 g/mol. The van der Waals surface area contributed by atoms with Crippen LogP contribution < -0.4 is 5.73 Å². The molecule has 6 nitrogen and oxygen atoms in total. The largest absolute Gasteiger partial charge is 0.440 e. The van der Waals surface area contributed by atoms with Gasteiger partial charge in [-0.25, -0.2) is 4.39 Å². The van der Waals surface area contributed by atoms with E-state index in [4.69, 9.17) is 10.5 Å². The molecule has 0 spiro atoms. The first-order valence-electron chi connectivity index (χ1n) is 6.82. The van der Waals surface area contributed by atoms with Crippen molar-refractivity contribution in [2.75, 3.05) is 0 Å². The van der Waals surface area contributed by atoms with Gasteiger partial charge in [0.15, 0.2) is 5.78 Å². The summed E-state index contributed by atoms with van der Waals surface area (Å²) in [6.07, 6.45) is 1.43. The fourth-order valence-electron chi connectivity index (χ4n) is 2.90. The predicted octanol–water partition coefficient (Wildman–Crippen LogP) is 2.35. The number of ketones is 1. The van der Waals surface area contributed by atoms with Crippen molar-refractivity contribution in [1.82, 2.24) is 0 Å². The van der Waals surface area contributed by atoms with Gasteiger partial charge in [0.05, 0.1) is 10.5 Å². The summed E-state index contributed by atoms with van der Waals surface area (Å²) in [6, 6.07) is 5.25. The molecular weight excluding hydrogens is 291 g/mol. The molecule has 7 heteroatoms. The van der Waals surface area contributed by atoms with Gasteiger partial charge >= 0.3 is 5.70 Å². The van der Waals surface area contributed by atoms with Gasteiger partial charge in [0.25, 0.3) is 5.88 Å². The minimum absolute atomic E-state index is 0.192. The SMILES string of the molecule is NC1=C([N+](=O)[O-])[C@@H](c2ccc(F)cc2)C2=C(CCCC2=O)O1. The summed E-state index contributed by atoms with van der Waals surface area (Å²) < 4.78 is 18.4. The molecule has 1 aliphatic carbocycles. The van der Waals surface area contributed by atoms with E-state index < -0.39 is 16.7 Å². The summed E-state index contributed by atoms with van der Waals surface area (Å²) >= 11 is 0. The van der Waals surface area contributed by atoms with Gasteiger partial charge in [-0.1, -0.05) is 12.1 Å². The first-order chi connectivity index (χ1) is 10.5. The number of carbonyl (C=O) groups is 1. The van der Waals surface area contributed by atoms with Gasteiger partial charge in [-0.15, -0.1) is 0 Å². The second-order valence-electron chi connectivity index (χ2n) is 5.21. The smallest absolute Gasteiger partial charge is 0.317 e. The number of hydrogen-bond donors (Lipinski definition) is 1. The van der Waals surface area contributed by atoms with Crippen LogP contribution in [0.3, 0.4) is 0 Å². The Bertz CT molecular complexity index is 722. The lowest BCUT2D eigenvalue weighted by molar-refractivity contribution is -0.433. The summed E-state index contributed by atoms with van der Waals surface area (Å²) in [5.41, 5.74) is 6.02. The third-order valence-electron chi connectivity index (χ3n) is 3.86. The minimum atomic E-state index is -0.924. The van der Waals surface area contributed by atoms with E-state index in [1.54, 1.807) is 0 Å². The maximum atomic E-state index is 13.1. The van der Waals surface area contributed by atoms with Crippen LogP contribution in [0.2, 0.25) is 0 Å². The molecule has 0 radical (unpaired) electrons. The molecule has 0 aromatic heterocycles. The summed E-state index contributed by atoms with van der Waals surface area (Å²) in [6.45, 7) is 0. The lowest BCUT2D eigenvalue weighted by Gasteiger charge is -2.29. The number of ether oxygens (including phenoxy) is 1. The molecule has 0 bridgehead atoms. The van der Waals surface area contributed by atoms with E-state index in [0.29, 0.717) is 30.6 Å². The van der Waals surface area contributed by atoms with Gasteiger partial charge in [-0.3, -0.25) is 14.9 Å². The molecule has 1 aliphatic heterocycles. The summed E-state index contributed by atoms with van der Waals surface area (Å²) in [4.78, 5) is 23.0. The fourth-order valence-corrected chi connectivity index (χ4v) is 2.90. The highest BCUT2D eigenvalue weighted by Gasteiger charge is 2.43. The number of nitro groups is 1. The Labute approximate surface area is 125 Å². The number of Topliss-reactive ketones (excluding diaryl/α,β-unsaturated/α-hetero) is 1. The van der Waals surface area contributed by atoms with Crippen LogP contribution in [0.5, 0.6) is 0 Å². The quantitative estimate of drug-likeness (QED) is 0.668. The summed E-state index contributed by atoms with van der Waals surface area (Å²) in [7, 11) is 0. The molecular formula is C15H13FN2O4. The second kappa shape index (κ2) is 5.25. The van der Waals surface area contributed by atoms with Crippen LogP contribution in [-0.2, 0) is 9.53 Å². The first-order valence-corrected chi connectivity index (χ1v) is 6.82. The van der Waals surface area contributed by atoms with E-state index in [-0.39, 0.29) is 22.9 Å². The van der Waals surface area contributed by atoms with E-state index in [1.807, 2.05) is 0 Å². The Kier molecular flexibility index (Phi) is 3.40. The highest BCUT2D eigenvalue weighted by Crippen LogP contribution is 2.43. The number of nitrogens with two attached hydrogens (primary N) is 1. The molecule has 2 aliphatic rings. The standard InChI is InChI=1S/C15H13FN2O4/c16-9-6-4-8(5-7-9)12-13-10(19)2-1-3-11(13)22-15(17)14(12)18(20)21/h4-7,12H,1-3,17H2/t12-/m0/s1. The van der Waals surface area contributed by atoms with Crippen LogP contribution in [0.25, 0.3) is 0 Å². The van der Waals surface area contributed by atoms with Crippen molar-refractivity contribution >= 4 is 5.78 Å². The van der Waals surface area contributed by atoms with Crippen LogP contribution in [0.4, 0.5) is 4.39 Å². The zero-order valence-corrected chi connectivity index (χ0v) is 11.5. The van der Waals surface area contributed by atoms with Crippen molar-refractivity contribution in [3.63, 3.8) is 0 Å². The average molecular weight is 304 g/mol. The normalized spacial score (nSPS) is 21.5. The molecule has 1 aromatic rings. The highest BCUT2D eigenvalue weighted by atomic mass is 19.1. The number of halogens is 1. The number of allylic oxidation sites excluding steroid dienone is 2. The van der Waals surface area contributed by atoms with Crippen molar-refractivity contribution in [2.24, 2.45) is 5.73 Å². The zero-order valence-electron chi connectivity index (χ0n) is 11.5. The molecule has 2 N–H and O–H groups in total. The third kappa shape index (κ3) is 2.24. The molecule has 0 saturated heterocycles. The van der Waals surface area contributed by atoms with Gasteiger partial charge in [-0.2, -0.15) is 0 Å². The summed E-state index contributed by atoms with van der Waals surface area (Å²) in [5, 5.41) is 11.4. The van der Waals surface area contributed by atoms with Gasteiger partial charge in [0.2, 0.25) is 0 Å². The molecule has 114 valence electrons. The predicted molar refractivity (Wildman–Crippen MR) is 74.3 cm³/mol. The molecule has 0 amide bonds. The van der Waals surface area contributed by atoms with E-state index in [2.05, 4.69) is 0 Å². The van der Waals surface area contributed by atoms with E-state index in [9.17, 15) is 19.3 Å². The van der Waals surface area contributed by atoms with Crippen molar-refractivity contribution in [3.05, 3.63) is 68.7 Å². The maximum absolute atomic E-state index is 13.1. The average Bonchev–Trinajstić information content (AvgIpc) is 2.46. The van der Waals surface area contributed by atoms with Crippen molar-refractivity contribution < 1.29 is 18.8 Å². The van der Waals surface area contributed by atoms with Gasteiger partial charge < -0.3 is 10.5 Å². The Morgan fingerprint density at radius 2 is 1.95 bits per heavy atom. The number of nitrogens with zero attached hydrogens (tertiary/aromatic N) is 1.